The molecule has 0 fully saturated rings. The van der Waals surface area contributed by atoms with Crippen LogP contribution in [-0.4, -0.2) is 69.9 Å². The van der Waals surface area contributed by atoms with Crippen molar-refractivity contribution in [1.29, 1.82) is 0 Å². The van der Waals surface area contributed by atoms with E-state index in [1.165, 1.54) is 6.92 Å². The van der Waals surface area contributed by atoms with Gasteiger partial charge in [0.05, 0.1) is 6.04 Å². The molecule has 4 unspecified atom stereocenters. The zero-order valence-electron chi connectivity index (χ0n) is 17.7. The molecule has 176 valence electrons. The van der Waals surface area contributed by atoms with Crippen LogP contribution in [0.2, 0.25) is 0 Å². The summed E-state index contributed by atoms with van der Waals surface area (Å²) in [5.41, 5.74) is 10.7. The van der Waals surface area contributed by atoms with Crippen LogP contribution in [0, 0.1) is 5.92 Å². The van der Waals surface area contributed by atoms with Gasteiger partial charge in [-0.05, 0) is 25.7 Å². The zero-order chi connectivity index (χ0) is 24.3. The number of nitrogens with one attached hydrogen (secondary N) is 3. The Morgan fingerprint density at radius 2 is 1.39 bits per heavy atom. The van der Waals surface area contributed by atoms with E-state index in [1.54, 1.807) is 13.8 Å². The van der Waals surface area contributed by atoms with Gasteiger partial charge in [-0.15, -0.1) is 0 Å². The molecule has 13 heteroatoms. The van der Waals surface area contributed by atoms with Gasteiger partial charge in [0.25, 0.3) is 0 Å². The summed E-state index contributed by atoms with van der Waals surface area (Å²) in [4.78, 5) is 69.8. The first-order valence-corrected chi connectivity index (χ1v) is 9.65. The van der Waals surface area contributed by atoms with E-state index in [1.807, 2.05) is 0 Å². The largest absolute Gasteiger partial charge is 0.481 e. The van der Waals surface area contributed by atoms with E-state index < -0.39 is 65.7 Å². The van der Waals surface area contributed by atoms with Crippen molar-refractivity contribution in [1.82, 2.24) is 16.0 Å². The third-order valence-corrected chi connectivity index (χ3v) is 4.30. The van der Waals surface area contributed by atoms with Crippen LogP contribution in [0.1, 0.15) is 46.5 Å². The maximum Gasteiger partial charge on any atom is 0.326 e. The molecule has 0 aromatic carbocycles. The molecule has 0 saturated heterocycles. The number of hydrogen-bond acceptors (Lipinski definition) is 7. The molecule has 0 saturated carbocycles. The van der Waals surface area contributed by atoms with E-state index in [4.69, 9.17) is 16.6 Å². The van der Waals surface area contributed by atoms with Gasteiger partial charge in [0.1, 0.15) is 18.1 Å². The van der Waals surface area contributed by atoms with Gasteiger partial charge >= 0.3 is 11.9 Å². The molecule has 4 atom stereocenters. The lowest BCUT2D eigenvalue weighted by molar-refractivity contribution is -0.143. The molecule has 0 aromatic heterocycles. The number of hydrogen-bond donors (Lipinski definition) is 7. The molecular weight excluding hydrogens is 414 g/mol. The minimum Gasteiger partial charge on any atom is -0.481 e. The normalized spacial score (nSPS) is 14.6. The van der Waals surface area contributed by atoms with Crippen molar-refractivity contribution in [3.05, 3.63) is 0 Å². The summed E-state index contributed by atoms with van der Waals surface area (Å²) < 4.78 is 0. The van der Waals surface area contributed by atoms with Crippen LogP contribution < -0.4 is 27.4 Å². The number of carboxylic acids is 2. The van der Waals surface area contributed by atoms with Crippen LogP contribution in [0.3, 0.4) is 0 Å². The first-order valence-electron chi connectivity index (χ1n) is 9.65. The quantitative estimate of drug-likeness (QED) is 0.151. The summed E-state index contributed by atoms with van der Waals surface area (Å²) >= 11 is 0. The Kier molecular flexibility index (Phi) is 11.8. The Labute approximate surface area is 179 Å². The third-order valence-electron chi connectivity index (χ3n) is 4.30. The number of carbonyl (C=O) groups excluding carboxylic acids is 4. The summed E-state index contributed by atoms with van der Waals surface area (Å²) in [7, 11) is 0. The lowest BCUT2D eigenvalue weighted by atomic mass is 10.0. The van der Waals surface area contributed by atoms with Gasteiger partial charge in [-0.3, -0.25) is 24.0 Å². The van der Waals surface area contributed by atoms with Crippen LogP contribution in [0.4, 0.5) is 0 Å². The number of carboxylic acid groups (broad SMARTS) is 2. The minimum absolute atomic E-state index is 0.134. The van der Waals surface area contributed by atoms with E-state index in [0.717, 1.165) is 0 Å². The van der Waals surface area contributed by atoms with E-state index in [0.29, 0.717) is 0 Å². The van der Waals surface area contributed by atoms with Gasteiger partial charge in [-0.1, -0.05) is 13.8 Å². The van der Waals surface area contributed by atoms with Gasteiger partial charge in [0, 0.05) is 12.8 Å². The molecule has 0 rings (SSSR count). The standard InChI is InChI=1S/C18H31N5O8/c1-8(2)14(18(30)31)23-17(29)11(5-6-12(20)24)22-15(27)9(3)21-16(28)10(19)4-7-13(25)26/h8-11,14H,4-7,19H2,1-3H3,(H2,20,24)(H,21,28)(H,22,27)(H,23,29)(H,25,26)(H,30,31). The second-order valence-corrected chi connectivity index (χ2v) is 7.40. The maximum absolute atomic E-state index is 12.5. The van der Waals surface area contributed by atoms with Crippen LogP contribution in [0.25, 0.3) is 0 Å². The molecule has 13 nitrogen and oxygen atoms in total. The first kappa shape index (κ1) is 27.8. The van der Waals surface area contributed by atoms with Gasteiger partial charge in [0.15, 0.2) is 0 Å². The average molecular weight is 445 g/mol. The molecule has 31 heavy (non-hydrogen) atoms. The molecule has 9 N–H and O–H groups in total. The first-order chi connectivity index (χ1) is 14.3. The molecule has 0 radical (unpaired) electrons. The van der Waals surface area contributed by atoms with Crippen molar-refractivity contribution in [2.24, 2.45) is 17.4 Å². The summed E-state index contributed by atoms with van der Waals surface area (Å²) in [5.74, 6) is -5.94. The van der Waals surface area contributed by atoms with Crippen molar-refractivity contribution in [2.75, 3.05) is 0 Å². The lowest BCUT2D eigenvalue weighted by Gasteiger charge is -2.24. The monoisotopic (exact) mass is 445 g/mol. The molecular formula is C18H31N5O8. The molecule has 0 bridgehead atoms. The zero-order valence-corrected chi connectivity index (χ0v) is 17.7. The highest BCUT2D eigenvalue weighted by Gasteiger charge is 2.30. The molecule has 0 spiro atoms. The minimum atomic E-state index is -1.28. The smallest absolute Gasteiger partial charge is 0.326 e. The fraction of sp³-hybridized carbons (Fsp3) is 0.667. The molecule has 0 aromatic rings. The predicted molar refractivity (Wildman–Crippen MR) is 107 cm³/mol. The van der Waals surface area contributed by atoms with Crippen molar-refractivity contribution in [3.63, 3.8) is 0 Å². The molecule has 0 heterocycles. The van der Waals surface area contributed by atoms with E-state index in [-0.39, 0.29) is 25.7 Å². The summed E-state index contributed by atoms with van der Waals surface area (Å²) in [6.07, 6.45) is -0.898. The van der Waals surface area contributed by atoms with Crippen molar-refractivity contribution < 1.29 is 39.0 Å². The number of primary amides is 1. The second-order valence-electron chi connectivity index (χ2n) is 7.40. The van der Waals surface area contributed by atoms with Gasteiger partial charge in [-0.2, -0.15) is 0 Å². The van der Waals surface area contributed by atoms with Crippen LogP contribution in [-0.2, 0) is 28.8 Å². The fourth-order valence-corrected chi connectivity index (χ4v) is 2.42. The van der Waals surface area contributed by atoms with Crippen molar-refractivity contribution in [2.45, 2.75) is 70.6 Å². The molecule has 0 aliphatic carbocycles. The topological polar surface area (TPSA) is 231 Å². The maximum atomic E-state index is 12.5. The SMILES string of the molecule is CC(NC(=O)C(N)CCC(=O)O)C(=O)NC(CCC(N)=O)C(=O)NC(C(=O)O)C(C)C. The Morgan fingerprint density at radius 1 is 0.806 bits per heavy atom. The van der Waals surface area contributed by atoms with Crippen LogP contribution in [0.15, 0.2) is 0 Å². The van der Waals surface area contributed by atoms with Crippen LogP contribution in [0.5, 0.6) is 0 Å². The van der Waals surface area contributed by atoms with Crippen molar-refractivity contribution >= 4 is 35.6 Å². The Balaban J connectivity index is 5.12. The van der Waals surface area contributed by atoms with E-state index >= 15 is 0 Å². The van der Waals surface area contributed by atoms with E-state index in [2.05, 4.69) is 16.0 Å². The fourth-order valence-electron chi connectivity index (χ4n) is 2.42. The second kappa shape index (κ2) is 13.2. The highest BCUT2D eigenvalue weighted by atomic mass is 16.4. The van der Waals surface area contributed by atoms with Gasteiger partial charge in [-0.25, -0.2) is 4.79 Å². The van der Waals surface area contributed by atoms with Crippen molar-refractivity contribution in [3.8, 4) is 0 Å². The van der Waals surface area contributed by atoms with Gasteiger partial charge < -0.3 is 37.6 Å². The van der Waals surface area contributed by atoms with Gasteiger partial charge in [0.2, 0.25) is 23.6 Å². The highest BCUT2D eigenvalue weighted by molar-refractivity contribution is 5.94. The van der Waals surface area contributed by atoms with Crippen LogP contribution >= 0.6 is 0 Å². The third kappa shape index (κ3) is 10.9. The molecule has 4 amide bonds. The number of aliphatic carboxylic acids is 2. The highest BCUT2D eigenvalue weighted by Crippen LogP contribution is 2.05. The van der Waals surface area contributed by atoms with E-state index in [9.17, 15) is 33.9 Å². The summed E-state index contributed by atoms with van der Waals surface area (Å²) in [6, 6.07) is -4.79. The Morgan fingerprint density at radius 3 is 1.84 bits per heavy atom. The number of carbonyl (C=O) groups is 6. The summed E-state index contributed by atoms with van der Waals surface area (Å²) in [5, 5.41) is 24.8. The molecule has 0 aliphatic rings. The predicted octanol–water partition coefficient (Wildman–Crippen LogP) is -2.34. The molecule has 0 aliphatic heterocycles. The Hall–Kier alpha value is -3.22. The average Bonchev–Trinajstić information content (AvgIpc) is 2.65. The number of rotatable bonds is 14. The number of nitrogens with two attached hydrogens (primary N) is 2. The summed E-state index contributed by atoms with van der Waals surface area (Å²) in [6.45, 7) is 4.48. The number of amides is 4. The Bertz CT molecular complexity index is 696. The lowest BCUT2D eigenvalue weighted by Crippen LogP contribution is -2.57.